The van der Waals surface area contributed by atoms with Crippen molar-refractivity contribution in [2.75, 3.05) is 37.6 Å². The van der Waals surface area contributed by atoms with E-state index in [1.54, 1.807) is 0 Å². The van der Waals surface area contributed by atoms with E-state index in [0.717, 1.165) is 36.1 Å². The summed E-state index contributed by atoms with van der Waals surface area (Å²) >= 11 is 6.38. The van der Waals surface area contributed by atoms with Crippen molar-refractivity contribution in [3.63, 3.8) is 0 Å². The van der Waals surface area contributed by atoms with Crippen LogP contribution in [0.1, 0.15) is 31.2 Å². The summed E-state index contributed by atoms with van der Waals surface area (Å²) in [7, 11) is 0. The van der Waals surface area contributed by atoms with E-state index < -0.39 is 0 Å². The van der Waals surface area contributed by atoms with Gasteiger partial charge in [-0.25, -0.2) is 0 Å². The van der Waals surface area contributed by atoms with Gasteiger partial charge in [0.2, 0.25) is 0 Å². The molecule has 0 aliphatic carbocycles. The Morgan fingerprint density at radius 2 is 1.95 bits per heavy atom. The molecule has 1 atom stereocenters. The molecule has 2 saturated heterocycles. The fourth-order valence-corrected chi connectivity index (χ4v) is 3.92. The lowest BCUT2D eigenvalue weighted by atomic mass is 10.1. The van der Waals surface area contributed by atoms with Crippen molar-refractivity contribution in [2.24, 2.45) is 5.73 Å². The highest BCUT2D eigenvalue weighted by Gasteiger charge is 2.28. The van der Waals surface area contributed by atoms with Crippen LogP contribution in [0.25, 0.3) is 0 Å². The topological polar surface area (TPSA) is 32.5 Å². The van der Waals surface area contributed by atoms with Crippen LogP contribution >= 0.6 is 11.6 Å². The Labute approximate surface area is 133 Å². The van der Waals surface area contributed by atoms with Crippen LogP contribution in [0.3, 0.4) is 0 Å². The van der Waals surface area contributed by atoms with Crippen LogP contribution in [-0.4, -0.2) is 43.7 Å². The van der Waals surface area contributed by atoms with Crippen LogP contribution in [-0.2, 0) is 6.42 Å². The average Bonchev–Trinajstić information content (AvgIpc) is 3.00. The van der Waals surface area contributed by atoms with Crippen LogP contribution in [0, 0.1) is 0 Å². The number of nitrogens with two attached hydrogens (primary N) is 1. The van der Waals surface area contributed by atoms with Crippen molar-refractivity contribution >= 4 is 17.3 Å². The molecule has 2 aliphatic heterocycles. The Morgan fingerprint density at radius 3 is 2.67 bits per heavy atom. The predicted octanol–water partition coefficient (Wildman–Crippen LogP) is 2.91. The quantitative estimate of drug-likeness (QED) is 0.928. The van der Waals surface area contributed by atoms with Gasteiger partial charge < -0.3 is 10.6 Å². The number of hydrogen-bond donors (Lipinski definition) is 1. The molecular weight excluding hydrogens is 282 g/mol. The fraction of sp³-hybridized carbons (Fsp3) is 0.647. The van der Waals surface area contributed by atoms with Gasteiger partial charge in [0.05, 0.1) is 0 Å². The summed E-state index contributed by atoms with van der Waals surface area (Å²) in [5.41, 5.74) is 8.04. The Bertz CT molecular complexity index is 471. The molecule has 2 heterocycles. The third kappa shape index (κ3) is 3.53. The summed E-state index contributed by atoms with van der Waals surface area (Å²) < 4.78 is 0. The van der Waals surface area contributed by atoms with E-state index in [-0.39, 0.29) is 0 Å². The van der Waals surface area contributed by atoms with E-state index in [4.69, 9.17) is 17.3 Å². The van der Waals surface area contributed by atoms with Gasteiger partial charge in [0.25, 0.3) is 0 Å². The van der Waals surface area contributed by atoms with Gasteiger partial charge in [-0.05, 0) is 63.0 Å². The van der Waals surface area contributed by atoms with Crippen molar-refractivity contribution in [1.82, 2.24) is 4.90 Å². The SMILES string of the molecule is NCCc1ccc(N2CCC(N3CCCCC3)C2)cc1Cl. The molecule has 0 saturated carbocycles. The Kier molecular flexibility index (Phi) is 5.04. The summed E-state index contributed by atoms with van der Waals surface area (Å²) in [5, 5.41) is 0.861. The molecule has 21 heavy (non-hydrogen) atoms. The van der Waals surface area contributed by atoms with Gasteiger partial charge in [-0.1, -0.05) is 24.1 Å². The molecule has 0 aromatic heterocycles. The molecule has 1 aromatic rings. The normalized spacial score (nSPS) is 23.7. The minimum atomic E-state index is 0.653. The molecule has 116 valence electrons. The molecule has 0 amide bonds. The second kappa shape index (κ2) is 6.99. The summed E-state index contributed by atoms with van der Waals surface area (Å²) in [5.74, 6) is 0. The lowest BCUT2D eigenvalue weighted by molar-refractivity contribution is 0.175. The van der Waals surface area contributed by atoms with Gasteiger partial charge in [0.15, 0.2) is 0 Å². The van der Waals surface area contributed by atoms with Crippen LogP contribution in [0.5, 0.6) is 0 Å². The monoisotopic (exact) mass is 307 g/mol. The minimum absolute atomic E-state index is 0.653. The molecule has 3 nitrogen and oxygen atoms in total. The number of benzene rings is 1. The summed E-state index contributed by atoms with van der Waals surface area (Å²) in [6, 6.07) is 7.19. The number of piperidine rings is 1. The zero-order valence-corrected chi connectivity index (χ0v) is 13.5. The standard InChI is InChI=1S/C17H26ClN3/c18-17-12-15(5-4-14(17)6-8-19)21-11-7-16(13-21)20-9-2-1-3-10-20/h4-5,12,16H,1-3,6-11,13,19H2. The number of anilines is 1. The van der Waals surface area contributed by atoms with E-state index in [1.165, 1.54) is 44.5 Å². The lowest BCUT2D eigenvalue weighted by Gasteiger charge is -2.32. The molecule has 2 aliphatic rings. The average molecular weight is 308 g/mol. The van der Waals surface area contributed by atoms with E-state index in [9.17, 15) is 0 Å². The molecule has 0 bridgehead atoms. The zero-order valence-electron chi connectivity index (χ0n) is 12.7. The van der Waals surface area contributed by atoms with Crippen LogP contribution in [0.2, 0.25) is 5.02 Å². The largest absolute Gasteiger partial charge is 0.370 e. The Morgan fingerprint density at radius 1 is 1.14 bits per heavy atom. The Hall–Kier alpha value is -0.770. The minimum Gasteiger partial charge on any atom is -0.370 e. The number of nitrogens with zero attached hydrogens (tertiary/aromatic N) is 2. The maximum atomic E-state index is 6.38. The molecule has 2 fully saturated rings. The zero-order chi connectivity index (χ0) is 14.7. The first-order valence-corrected chi connectivity index (χ1v) is 8.63. The van der Waals surface area contributed by atoms with Crippen molar-refractivity contribution < 1.29 is 0 Å². The maximum Gasteiger partial charge on any atom is 0.0459 e. The van der Waals surface area contributed by atoms with Crippen LogP contribution in [0.15, 0.2) is 18.2 Å². The van der Waals surface area contributed by atoms with Crippen LogP contribution in [0.4, 0.5) is 5.69 Å². The maximum absolute atomic E-state index is 6.38. The molecule has 1 aromatic carbocycles. The van der Waals surface area contributed by atoms with Crippen molar-refractivity contribution in [1.29, 1.82) is 0 Å². The van der Waals surface area contributed by atoms with Gasteiger partial charge in [-0.15, -0.1) is 0 Å². The van der Waals surface area contributed by atoms with Gasteiger partial charge >= 0.3 is 0 Å². The molecule has 0 spiro atoms. The van der Waals surface area contributed by atoms with Gasteiger partial charge in [0.1, 0.15) is 0 Å². The summed E-state index contributed by atoms with van der Waals surface area (Å²) in [4.78, 5) is 5.17. The highest BCUT2D eigenvalue weighted by atomic mass is 35.5. The van der Waals surface area contributed by atoms with Crippen molar-refractivity contribution in [3.05, 3.63) is 28.8 Å². The molecule has 4 heteroatoms. The van der Waals surface area contributed by atoms with Crippen LogP contribution < -0.4 is 10.6 Å². The second-order valence-electron chi connectivity index (χ2n) is 6.30. The molecule has 0 radical (unpaired) electrons. The number of likely N-dealkylation sites (tertiary alicyclic amines) is 1. The van der Waals surface area contributed by atoms with E-state index >= 15 is 0 Å². The molecule has 3 rings (SSSR count). The van der Waals surface area contributed by atoms with Crippen molar-refractivity contribution in [3.8, 4) is 0 Å². The summed E-state index contributed by atoms with van der Waals surface area (Å²) in [6.45, 7) is 5.52. The number of halogens is 1. The molecular formula is C17H26ClN3. The first kappa shape index (κ1) is 15.1. The molecule has 2 N–H and O–H groups in total. The Balaban J connectivity index is 1.64. The number of rotatable bonds is 4. The lowest BCUT2D eigenvalue weighted by Crippen LogP contribution is -2.40. The smallest absolute Gasteiger partial charge is 0.0459 e. The first-order valence-electron chi connectivity index (χ1n) is 8.25. The van der Waals surface area contributed by atoms with E-state index in [2.05, 4.69) is 28.0 Å². The third-order valence-electron chi connectivity index (χ3n) is 4.89. The fourth-order valence-electron chi connectivity index (χ4n) is 3.65. The van der Waals surface area contributed by atoms with E-state index in [1.807, 2.05) is 0 Å². The second-order valence-corrected chi connectivity index (χ2v) is 6.71. The van der Waals surface area contributed by atoms with Crippen molar-refractivity contribution in [2.45, 2.75) is 38.1 Å². The van der Waals surface area contributed by atoms with E-state index in [0.29, 0.717) is 6.54 Å². The predicted molar refractivity (Wildman–Crippen MR) is 90.3 cm³/mol. The number of hydrogen-bond acceptors (Lipinski definition) is 3. The third-order valence-corrected chi connectivity index (χ3v) is 5.24. The van der Waals surface area contributed by atoms with Gasteiger partial charge in [-0.2, -0.15) is 0 Å². The summed E-state index contributed by atoms with van der Waals surface area (Å²) in [6.07, 6.45) is 6.29. The van der Waals surface area contributed by atoms with Gasteiger partial charge in [0, 0.05) is 29.8 Å². The molecule has 1 unspecified atom stereocenters. The first-order chi connectivity index (χ1) is 10.3. The van der Waals surface area contributed by atoms with Gasteiger partial charge in [-0.3, -0.25) is 4.90 Å². The highest BCUT2D eigenvalue weighted by Crippen LogP contribution is 2.28. The highest BCUT2D eigenvalue weighted by molar-refractivity contribution is 6.31.